The SMILES string of the molecule is CCOC(=O)N1CCC(NCC(=O)Nc2ccc(F)c(Cl)c2)CC1. The second-order valence-corrected chi connectivity index (χ2v) is 5.93. The van der Waals surface area contributed by atoms with Gasteiger partial charge >= 0.3 is 6.09 Å². The maximum atomic E-state index is 13.1. The molecule has 0 spiro atoms. The minimum atomic E-state index is -0.527. The molecule has 0 unspecified atom stereocenters. The van der Waals surface area contributed by atoms with Crippen LogP contribution >= 0.6 is 11.6 Å². The molecular weight excluding hydrogens is 337 g/mol. The Bertz CT molecular complexity index is 592. The molecule has 0 atom stereocenters. The summed E-state index contributed by atoms with van der Waals surface area (Å²) in [4.78, 5) is 25.2. The summed E-state index contributed by atoms with van der Waals surface area (Å²) in [6, 6.07) is 4.19. The molecular formula is C16H21ClFN3O3. The first kappa shape index (κ1) is 18.5. The fraction of sp³-hybridized carbons (Fsp3) is 0.500. The molecule has 0 aliphatic carbocycles. The molecule has 24 heavy (non-hydrogen) atoms. The van der Waals surface area contributed by atoms with E-state index in [2.05, 4.69) is 10.6 Å². The van der Waals surface area contributed by atoms with Gasteiger partial charge in [-0.1, -0.05) is 11.6 Å². The molecule has 0 radical (unpaired) electrons. The molecule has 1 aromatic rings. The summed E-state index contributed by atoms with van der Waals surface area (Å²) >= 11 is 5.67. The van der Waals surface area contributed by atoms with Crippen molar-refractivity contribution in [1.82, 2.24) is 10.2 Å². The van der Waals surface area contributed by atoms with Gasteiger partial charge in [-0.05, 0) is 38.0 Å². The summed E-state index contributed by atoms with van der Waals surface area (Å²) in [5, 5.41) is 5.78. The Kier molecular flexibility index (Phi) is 6.81. The predicted molar refractivity (Wildman–Crippen MR) is 89.7 cm³/mol. The lowest BCUT2D eigenvalue weighted by atomic mass is 10.1. The van der Waals surface area contributed by atoms with E-state index < -0.39 is 5.82 Å². The molecule has 132 valence electrons. The molecule has 1 aromatic carbocycles. The lowest BCUT2D eigenvalue weighted by molar-refractivity contribution is -0.115. The number of rotatable bonds is 5. The van der Waals surface area contributed by atoms with Crippen LogP contribution in [0.2, 0.25) is 5.02 Å². The Morgan fingerprint density at radius 3 is 2.71 bits per heavy atom. The van der Waals surface area contributed by atoms with Crippen LogP contribution in [0.25, 0.3) is 0 Å². The Balaban J connectivity index is 1.71. The molecule has 6 nitrogen and oxygen atoms in total. The molecule has 8 heteroatoms. The van der Waals surface area contributed by atoms with E-state index in [1.54, 1.807) is 11.8 Å². The fourth-order valence-electron chi connectivity index (χ4n) is 2.50. The number of anilines is 1. The van der Waals surface area contributed by atoms with Crippen molar-refractivity contribution in [3.05, 3.63) is 29.0 Å². The maximum Gasteiger partial charge on any atom is 0.409 e. The minimum absolute atomic E-state index is 0.0351. The number of carbonyl (C=O) groups excluding carboxylic acids is 2. The van der Waals surface area contributed by atoms with Gasteiger partial charge in [0.1, 0.15) is 5.82 Å². The number of hydrogen-bond donors (Lipinski definition) is 2. The molecule has 2 N–H and O–H groups in total. The monoisotopic (exact) mass is 357 g/mol. The van der Waals surface area contributed by atoms with Crippen molar-refractivity contribution in [3.63, 3.8) is 0 Å². The van der Waals surface area contributed by atoms with E-state index in [1.165, 1.54) is 18.2 Å². The zero-order valence-electron chi connectivity index (χ0n) is 13.5. The van der Waals surface area contributed by atoms with Crippen LogP contribution in [0, 0.1) is 5.82 Å². The number of nitrogens with zero attached hydrogens (tertiary/aromatic N) is 1. The average Bonchev–Trinajstić information content (AvgIpc) is 2.57. The summed E-state index contributed by atoms with van der Waals surface area (Å²) in [5.74, 6) is -0.758. The van der Waals surface area contributed by atoms with Crippen LogP contribution in [0.1, 0.15) is 19.8 Å². The van der Waals surface area contributed by atoms with E-state index in [9.17, 15) is 14.0 Å². The fourth-order valence-corrected chi connectivity index (χ4v) is 2.68. The second kappa shape index (κ2) is 8.84. The Hall–Kier alpha value is -1.86. The molecule has 0 bridgehead atoms. The third-order valence-electron chi connectivity index (χ3n) is 3.78. The van der Waals surface area contributed by atoms with Crippen molar-refractivity contribution in [3.8, 4) is 0 Å². The maximum absolute atomic E-state index is 13.1. The molecule has 1 heterocycles. The lowest BCUT2D eigenvalue weighted by Gasteiger charge is -2.31. The van der Waals surface area contributed by atoms with Crippen LogP contribution in [0.15, 0.2) is 18.2 Å². The highest BCUT2D eigenvalue weighted by atomic mass is 35.5. The highest BCUT2D eigenvalue weighted by Gasteiger charge is 2.23. The third kappa shape index (κ3) is 5.35. The number of amides is 2. The van der Waals surface area contributed by atoms with Gasteiger partial charge in [0.15, 0.2) is 0 Å². The molecule has 2 amide bonds. The summed E-state index contributed by atoms with van der Waals surface area (Å²) in [6.07, 6.45) is 1.23. The smallest absolute Gasteiger partial charge is 0.409 e. The number of halogens is 2. The predicted octanol–water partition coefficient (Wildman–Crippen LogP) is 2.63. The molecule has 1 fully saturated rings. The second-order valence-electron chi connectivity index (χ2n) is 5.52. The lowest BCUT2D eigenvalue weighted by Crippen LogP contribution is -2.46. The van der Waals surface area contributed by atoms with Gasteiger partial charge in [0.2, 0.25) is 5.91 Å². The highest BCUT2D eigenvalue weighted by Crippen LogP contribution is 2.19. The van der Waals surface area contributed by atoms with Crippen LogP contribution < -0.4 is 10.6 Å². The van der Waals surface area contributed by atoms with Crippen LogP contribution in [-0.2, 0) is 9.53 Å². The summed E-state index contributed by atoms with van der Waals surface area (Å²) in [5.41, 5.74) is 0.449. The van der Waals surface area contributed by atoms with Gasteiger partial charge in [0.05, 0.1) is 18.2 Å². The normalized spacial score (nSPS) is 15.2. The summed E-state index contributed by atoms with van der Waals surface area (Å²) in [7, 11) is 0. The molecule has 1 saturated heterocycles. The number of nitrogens with one attached hydrogen (secondary N) is 2. The number of carbonyl (C=O) groups is 2. The van der Waals surface area contributed by atoms with Gasteiger partial charge in [0.25, 0.3) is 0 Å². The van der Waals surface area contributed by atoms with E-state index in [-0.39, 0.29) is 29.6 Å². The van der Waals surface area contributed by atoms with Crippen LogP contribution in [0.4, 0.5) is 14.9 Å². The van der Waals surface area contributed by atoms with Crippen molar-refractivity contribution in [2.45, 2.75) is 25.8 Å². The van der Waals surface area contributed by atoms with Crippen molar-refractivity contribution in [1.29, 1.82) is 0 Å². The average molecular weight is 358 g/mol. The number of piperidine rings is 1. The van der Waals surface area contributed by atoms with E-state index >= 15 is 0 Å². The largest absolute Gasteiger partial charge is 0.450 e. The number of likely N-dealkylation sites (tertiary alicyclic amines) is 1. The molecule has 0 aromatic heterocycles. The van der Waals surface area contributed by atoms with Crippen molar-refractivity contribution in [2.24, 2.45) is 0 Å². The first-order valence-electron chi connectivity index (χ1n) is 7.89. The Morgan fingerprint density at radius 1 is 1.38 bits per heavy atom. The number of ether oxygens (including phenoxy) is 1. The van der Waals surface area contributed by atoms with Gasteiger partial charge in [-0.3, -0.25) is 4.79 Å². The van der Waals surface area contributed by atoms with Gasteiger partial charge < -0.3 is 20.3 Å². The summed E-state index contributed by atoms with van der Waals surface area (Å²) < 4.78 is 18.0. The number of hydrogen-bond acceptors (Lipinski definition) is 4. The third-order valence-corrected chi connectivity index (χ3v) is 4.07. The van der Waals surface area contributed by atoms with E-state index in [1.807, 2.05) is 0 Å². The summed E-state index contributed by atoms with van der Waals surface area (Å²) in [6.45, 7) is 3.49. The van der Waals surface area contributed by atoms with Crippen molar-refractivity contribution >= 4 is 29.3 Å². The van der Waals surface area contributed by atoms with Crippen molar-refractivity contribution in [2.75, 3.05) is 31.6 Å². The first-order chi connectivity index (χ1) is 11.5. The van der Waals surface area contributed by atoms with Crippen molar-refractivity contribution < 1.29 is 18.7 Å². The van der Waals surface area contributed by atoms with E-state index in [0.29, 0.717) is 25.4 Å². The zero-order valence-corrected chi connectivity index (χ0v) is 14.2. The van der Waals surface area contributed by atoms with Gasteiger partial charge in [-0.25, -0.2) is 9.18 Å². The topological polar surface area (TPSA) is 70.7 Å². The van der Waals surface area contributed by atoms with E-state index in [0.717, 1.165) is 12.8 Å². The molecule has 2 rings (SSSR count). The van der Waals surface area contributed by atoms with E-state index in [4.69, 9.17) is 16.3 Å². The Labute approximate surface area is 145 Å². The first-order valence-corrected chi connectivity index (χ1v) is 8.27. The van der Waals surface area contributed by atoms with Crippen LogP contribution in [0.5, 0.6) is 0 Å². The van der Waals surface area contributed by atoms with Gasteiger partial charge in [-0.2, -0.15) is 0 Å². The number of benzene rings is 1. The minimum Gasteiger partial charge on any atom is -0.450 e. The molecule has 1 aliphatic rings. The standard InChI is InChI=1S/C16H21ClFN3O3/c1-2-24-16(23)21-7-5-11(6-8-21)19-10-15(22)20-12-3-4-14(18)13(17)9-12/h3-4,9,11,19H,2,5-8,10H2,1H3,(H,20,22). The quantitative estimate of drug-likeness (QED) is 0.849. The van der Waals surface area contributed by atoms with Gasteiger partial charge in [-0.15, -0.1) is 0 Å². The van der Waals surface area contributed by atoms with Crippen LogP contribution in [0.3, 0.4) is 0 Å². The highest BCUT2D eigenvalue weighted by molar-refractivity contribution is 6.31. The zero-order chi connectivity index (χ0) is 17.5. The molecule has 1 aliphatic heterocycles. The van der Waals surface area contributed by atoms with Gasteiger partial charge in [0, 0.05) is 24.8 Å². The van der Waals surface area contributed by atoms with Crippen LogP contribution in [-0.4, -0.2) is 49.2 Å². The Morgan fingerprint density at radius 2 is 2.08 bits per heavy atom. The molecule has 0 saturated carbocycles.